The van der Waals surface area contributed by atoms with Crippen molar-refractivity contribution in [1.29, 1.82) is 0 Å². The molecule has 0 unspecified atom stereocenters. The number of aromatic nitrogens is 2. The van der Waals surface area contributed by atoms with Crippen LogP contribution in [0.3, 0.4) is 0 Å². The number of hydrogen-bond acceptors (Lipinski definition) is 0. The quantitative estimate of drug-likeness (QED) is 0.168. The highest BCUT2D eigenvalue weighted by Gasteiger charge is 2.53. The molecular formula is C63H50N2. The van der Waals surface area contributed by atoms with Crippen LogP contribution in [0.5, 0.6) is 0 Å². The summed E-state index contributed by atoms with van der Waals surface area (Å²) >= 11 is 0. The zero-order valence-corrected chi connectivity index (χ0v) is 37.9. The van der Waals surface area contributed by atoms with E-state index in [-0.39, 0.29) is 10.8 Å². The summed E-state index contributed by atoms with van der Waals surface area (Å²) in [6.45, 7) is 14.1. The molecular weight excluding hydrogens is 785 g/mol. The summed E-state index contributed by atoms with van der Waals surface area (Å²) in [5, 5.41) is 5.03. The second kappa shape index (κ2) is 13.3. The number of nitrogens with zero attached hydrogens (tertiary/aromatic N) is 2. The molecule has 0 atom stereocenters. The predicted octanol–water partition coefficient (Wildman–Crippen LogP) is 16.5. The van der Waals surface area contributed by atoms with Gasteiger partial charge in [-0.1, -0.05) is 181 Å². The summed E-state index contributed by atoms with van der Waals surface area (Å²) in [4.78, 5) is 0. The summed E-state index contributed by atoms with van der Waals surface area (Å²) in [5.74, 6) is 0. The topological polar surface area (TPSA) is 9.86 Å². The van der Waals surface area contributed by atoms with Gasteiger partial charge in [0.2, 0.25) is 0 Å². The molecule has 2 aliphatic rings. The van der Waals surface area contributed by atoms with Gasteiger partial charge in [0.1, 0.15) is 0 Å². The Balaban J connectivity index is 1.08. The van der Waals surface area contributed by atoms with Gasteiger partial charge in [0, 0.05) is 32.8 Å². The van der Waals surface area contributed by atoms with Gasteiger partial charge >= 0.3 is 0 Å². The zero-order valence-electron chi connectivity index (χ0n) is 37.9. The van der Waals surface area contributed by atoms with E-state index in [9.17, 15) is 0 Å². The highest BCUT2D eigenvalue weighted by atomic mass is 15.0. The molecule has 0 N–H and O–H groups in total. The Morgan fingerprint density at radius 2 is 0.815 bits per heavy atom. The minimum Gasteiger partial charge on any atom is -0.309 e. The number of benzene rings is 9. The molecule has 0 bridgehead atoms. The van der Waals surface area contributed by atoms with Crippen LogP contribution in [0.2, 0.25) is 0 Å². The van der Waals surface area contributed by atoms with E-state index in [2.05, 4.69) is 245 Å². The lowest BCUT2D eigenvalue weighted by Gasteiger charge is -2.34. The highest BCUT2D eigenvalue weighted by Crippen LogP contribution is 2.65. The molecule has 9 aromatic carbocycles. The van der Waals surface area contributed by atoms with Crippen LogP contribution in [0.15, 0.2) is 194 Å². The first-order valence-electron chi connectivity index (χ1n) is 23.2. The Hall–Kier alpha value is -7.42. The lowest BCUT2D eigenvalue weighted by Crippen LogP contribution is -2.28. The Bertz CT molecular complexity index is 3720. The first kappa shape index (κ1) is 38.1. The highest BCUT2D eigenvalue weighted by molar-refractivity contribution is 6.13. The fraction of sp³-hybridized carbons (Fsp3) is 0.143. The second-order valence-electron chi connectivity index (χ2n) is 20.5. The van der Waals surface area contributed by atoms with Crippen molar-refractivity contribution in [2.75, 3.05) is 0 Å². The molecule has 0 fully saturated rings. The third-order valence-corrected chi connectivity index (χ3v) is 14.8. The summed E-state index contributed by atoms with van der Waals surface area (Å²) in [6.07, 6.45) is 0. The molecule has 13 rings (SSSR count). The molecule has 0 saturated carbocycles. The molecule has 2 heterocycles. The molecule has 2 aliphatic carbocycles. The van der Waals surface area contributed by atoms with Crippen molar-refractivity contribution in [2.45, 2.75) is 57.8 Å². The van der Waals surface area contributed by atoms with Gasteiger partial charge in [-0.3, -0.25) is 0 Å². The van der Waals surface area contributed by atoms with E-state index in [1.54, 1.807) is 0 Å². The zero-order chi connectivity index (χ0) is 44.0. The lowest BCUT2D eigenvalue weighted by molar-refractivity contribution is 0.586. The third kappa shape index (κ3) is 5.23. The Kier molecular flexibility index (Phi) is 7.80. The fourth-order valence-corrected chi connectivity index (χ4v) is 11.8. The van der Waals surface area contributed by atoms with Gasteiger partial charge in [0.25, 0.3) is 0 Å². The van der Waals surface area contributed by atoms with Crippen molar-refractivity contribution in [3.63, 3.8) is 0 Å². The van der Waals surface area contributed by atoms with E-state index in [4.69, 9.17) is 0 Å². The van der Waals surface area contributed by atoms with Crippen LogP contribution in [0.4, 0.5) is 0 Å². The molecule has 0 amide bonds. The molecule has 1 spiro atoms. The monoisotopic (exact) mass is 834 g/mol. The number of rotatable bonds is 3. The standard InChI is InChI=1S/C63H50N2/c1-61(2,3)41-29-31-45-46-32-30-42(62(4,5)6)38-54(46)63(53(45)37-41)52-23-13-10-19-44(52)49-22-16-26-59(60(49)63)65-56-25-15-12-21-48(56)51-36-40(28-34-58(51)65)39-27-33-57-50(35-39)47-20-11-14-24-55(47)64(57)43-17-8-7-9-18-43/h7-38H,1-6H3. The smallest absolute Gasteiger partial charge is 0.0746 e. The molecule has 65 heavy (non-hydrogen) atoms. The van der Waals surface area contributed by atoms with Crippen molar-refractivity contribution in [3.05, 3.63) is 228 Å². The second-order valence-corrected chi connectivity index (χ2v) is 20.5. The average molecular weight is 835 g/mol. The van der Waals surface area contributed by atoms with Crippen molar-refractivity contribution >= 4 is 43.6 Å². The lowest BCUT2D eigenvalue weighted by atomic mass is 9.68. The maximum Gasteiger partial charge on any atom is 0.0746 e. The number of hydrogen-bond donors (Lipinski definition) is 0. The van der Waals surface area contributed by atoms with Crippen molar-refractivity contribution < 1.29 is 0 Å². The van der Waals surface area contributed by atoms with E-state index >= 15 is 0 Å². The van der Waals surface area contributed by atoms with Crippen LogP contribution >= 0.6 is 0 Å². The van der Waals surface area contributed by atoms with E-state index < -0.39 is 5.41 Å². The summed E-state index contributed by atoms with van der Waals surface area (Å²) in [7, 11) is 0. The molecule has 0 saturated heterocycles. The van der Waals surface area contributed by atoms with Gasteiger partial charge in [-0.05, 0) is 127 Å². The fourth-order valence-electron chi connectivity index (χ4n) is 11.8. The van der Waals surface area contributed by atoms with Gasteiger partial charge in [0.05, 0.1) is 33.2 Å². The van der Waals surface area contributed by atoms with Crippen LogP contribution in [0, 0.1) is 0 Å². The van der Waals surface area contributed by atoms with E-state index in [1.807, 2.05) is 0 Å². The van der Waals surface area contributed by atoms with E-state index in [0.29, 0.717) is 0 Å². The van der Waals surface area contributed by atoms with Crippen LogP contribution in [-0.4, -0.2) is 9.13 Å². The minimum atomic E-state index is -0.526. The van der Waals surface area contributed by atoms with E-state index in [1.165, 1.54) is 122 Å². The van der Waals surface area contributed by atoms with Crippen LogP contribution in [0.1, 0.15) is 74.9 Å². The molecule has 2 heteroatoms. The summed E-state index contributed by atoms with van der Waals surface area (Å²) < 4.78 is 4.97. The number of fused-ring (bicyclic) bond motifs is 16. The molecule has 11 aromatic rings. The molecule has 2 nitrogen and oxygen atoms in total. The normalized spacial score (nSPS) is 13.8. The molecule has 2 aromatic heterocycles. The first-order chi connectivity index (χ1) is 31.5. The molecule has 0 radical (unpaired) electrons. The van der Waals surface area contributed by atoms with Crippen molar-refractivity contribution in [1.82, 2.24) is 9.13 Å². The van der Waals surface area contributed by atoms with Crippen LogP contribution < -0.4 is 0 Å². The van der Waals surface area contributed by atoms with Gasteiger partial charge in [-0.2, -0.15) is 0 Å². The predicted molar refractivity (Wildman–Crippen MR) is 274 cm³/mol. The maximum absolute atomic E-state index is 2.58. The van der Waals surface area contributed by atoms with Crippen LogP contribution in [0.25, 0.3) is 88.4 Å². The average Bonchev–Trinajstić information content (AvgIpc) is 4.02. The summed E-state index contributed by atoms with van der Waals surface area (Å²) in [6, 6.07) is 73.7. The van der Waals surface area contributed by atoms with Crippen molar-refractivity contribution in [2.24, 2.45) is 0 Å². The molecule has 0 aliphatic heterocycles. The van der Waals surface area contributed by atoms with Crippen LogP contribution in [-0.2, 0) is 16.2 Å². The van der Waals surface area contributed by atoms with Gasteiger partial charge < -0.3 is 9.13 Å². The summed E-state index contributed by atoms with van der Waals surface area (Å²) in [5.41, 5.74) is 22.6. The number of para-hydroxylation sites is 3. The van der Waals surface area contributed by atoms with Crippen molar-refractivity contribution in [3.8, 4) is 44.8 Å². The van der Waals surface area contributed by atoms with Gasteiger partial charge in [0.15, 0.2) is 0 Å². The molecule has 312 valence electrons. The Labute approximate surface area is 381 Å². The first-order valence-corrected chi connectivity index (χ1v) is 23.2. The van der Waals surface area contributed by atoms with Gasteiger partial charge in [-0.25, -0.2) is 0 Å². The Morgan fingerprint density at radius 1 is 0.338 bits per heavy atom. The minimum absolute atomic E-state index is 0.0178. The largest absolute Gasteiger partial charge is 0.309 e. The van der Waals surface area contributed by atoms with E-state index in [0.717, 1.165) is 0 Å². The van der Waals surface area contributed by atoms with Gasteiger partial charge in [-0.15, -0.1) is 0 Å². The maximum atomic E-state index is 2.58. The Morgan fingerprint density at radius 3 is 1.42 bits per heavy atom. The third-order valence-electron chi connectivity index (χ3n) is 14.8. The SMILES string of the molecule is CC(C)(C)c1ccc2c(c1)C1(c3cc(C(C)(C)C)ccc3-2)c2ccccc2-c2cccc(-n3c4ccccc4c4cc(-c5ccc6c(c5)c5ccccc5n6-c5ccccc5)ccc43)c21.